The predicted octanol–water partition coefficient (Wildman–Crippen LogP) is 6.27. The zero-order valence-corrected chi connectivity index (χ0v) is 27.7. The lowest BCUT2D eigenvalue weighted by Gasteiger charge is -2.36. The highest BCUT2D eigenvalue weighted by Gasteiger charge is 2.35. The number of nitrogens with one attached hydrogen (secondary N) is 1. The molecule has 1 saturated carbocycles. The number of carbonyl (C=O) groups excluding carboxylic acids is 1. The number of aromatic nitrogens is 3. The molecule has 1 saturated heterocycles. The number of rotatable bonds is 17. The van der Waals surface area contributed by atoms with E-state index in [1.165, 1.54) is 63.6 Å². The zero-order valence-electron chi connectivity index (χ0n) is 27.7. The lowest BCUT2D eigenvalue weighted by molar-refractivity contribution is -0.121. The topological polar surface area (TPSA) is 110 Å². The molecule has 250 valence electrons. The number of fused-ring (bicyclic) bond motifs is 2. The largest absolute Gasteiger partial charge is 0.470 e. The highest BCUT2D eigenvalue weighted by atomic mass is 16.5. The fraction of sp³-hybridized carbons (Fsp3) is 0.526. The Kier molecular flexibility index (Phi) is 11.7. The average molecular weight is 638 g/mol. The highest BCUT2D eigenvalue weighted by Crippen LogP contribution is 2.43. The summed E-state index contributed by atoms with van der Waals surface area (Å²) >= 11 is 0. The van der Waals surface area contributed by atoms with Crippen molar-refractivity contribution in [2.75, 3.05) is 49.9 Å². The van der Waals surface area contributed by atoms with Gasteiger partial charge in [0, 0.05) is 62.8 Å². The van der Waals surface area contributed by atoms with Crippen molar-refractivity contribution in [3.8, 4) is 17.1 Å². The third-order valence-corrected chi connectivity index (χ3v) is 10.1. The Bertz CT molecular complexity index is 1440. The first-order valence-corrected chi connectivity index (χ1v) is 17.8. The molecule has 3 heterocycles. The number of ether oxygens (including phenoxy) is 1. The molecule has 2 aliphatic carbocycles. The number of nitrogens with two attached hydrogens (primary N) is 1. The van der Waals surface area contributed by atoms with E-state index in [4.69, 9.17) is 10.5 Å². The Morgan fingerprint density at radius 1 is 0.894 bits per heavy atom. The van der Waals surface area contributed by atoms with Gasteiger partial charge in [0.1, 0.15) is 6.61 Å². The first-order chi connectivity index (χ1) is 23.1. The Balaban J connectivity index is 0.809. The van der Waals surface area contributed by atoms with Crippen LogP contribution in [0.25, 0.3) is 11.3 Å². The number of benzene rings is 1. The minimum atomic E-state index is 0.250. The van der Waals surface area contributed by atoms with Gasteiger partial charge in [-0.1, -0.05) is 56.4 Å². The van der Waals surface area contributed by atoms with E-state index in [2.05, 4.69) is 66.5 Å². The first kappa shape index (κ1) is 32.9. The maximum atomic E-state index is 12.2. The first-order valence-electron chi connectivity index (χ1n) is 17.8. The normalized spacial score (nSPS) is 20.5. The van der Waals surface area contributed by atoms with E-state index in [0.717, 1.165) is 61.9 Å². The molecule has 9 heteroatoms. The van der Waals surface area contributed by atoms with Gasteiger partial charge in [-0.05, 0) is 79.8 Å². The van der Waals surface area contributed by atoms with Crippen LogP contribution in [-0.2, 0) is 11.4 Å². The quantitative estimate of drug-likeness (QED) is 0.132. The van der Waals surface area contributed by atoms with Gasteiger partial charge in [-0.25, -0.2) is 9.97 Å². The molecule has 3 aliphatic rings. The summed E-state index contributed by atoms with van der Waals surface area (Å²) in [4.78, 5) is 30.3. The SMILES string of the molecule is Nc1ncc(-c2ccc(N3CCN(CCCCCCCCCC(=O)NCC4CC5C=CC4C5)CC3)cc2)nc1OCc1ccncc1. The fourth-order valence-corrected chi connectivity index (χ4v) is 7.30. The molecular weight excluding hydrogens is 586 g/mol. The van der Waals surface area contributed by atoms with Gasteiger partial charge in [0.05, 0.1) is 11.9 Å². The second-order valence-electron chi connectivity index (χ2n) is 13.5. The van der Waals surface area contributed by atoms with Gasteiger partial charge < -0.3 is 20.7 Å². The molecule has 1 aliphatic heterocycles. The van der Waals surface area contributed by atoms with Crippen LogP contribution in [-0.4, -0.2) is 65.0 Å². The number of pyridine rings is 1. The monoisotopic (exact) mass is 637 g/mol. The molecule has 1 amide bonds. The van der Waals surface area contributed by atoms with Crippen LogP contribution in [0.1, 0.15) is 69.8 Å². The maximum Gasteiger partial charge on any atom is 0.258 e. The number of allylic oxidation sites excluding steroid dienone is 2. The van der Waals surface area contributed by atoms with Crippen LogP contribution in [0.4, 0.5) is 11.5 Å². The van der Waals surface area contributed by atoms with E-state index in [1.54, 1.807) is 18.6 Å². The number of hydrogen-bond acceptors (Lipinski definition) is 8. The van der Waals surface area contributed by atoms with Crippen molar-refractivity contribution in [1.82, 2.24) is 25.2 Å². The number of unbranched alkanes of at least 4 members (excludes halogenated alkanes) is 6. The number of carbonyl (C=O) groups is 1. The van der Waals surface area contributed by atoms with E-state index in [1.807, 2.05) is 12.1 Å². The van der Waals surface area contributed by atoms with E-state index in [9.17, 15) is 4.79 Å². The predicted molar refractivity (Wildman–Crippen MR) is 188 cm³/mol. The minimum absolute atomic E-state index is 0.250. The molecule has 3 aromatic rings. The van der Waals surface area contributed by atoms with Crippen LogP contribution in [0.3, 0.4) is 0 Å². The summed E-state index contributed by atoms with van der Waals surface area (Å²) < 4.78 is 5.85. The molecule has 1 aromatic carbocycles. The number of piperazine rings is 1. The third kappa shape index (κ3) is 9.53. The van der Waals surface area contributed by atoms with Crippen LogP contribution in [0.5, 0.6) is 5.88 Å². The number of anilines is 2. The van der Waals surface area contributed by atoms with Gasteiger partial charge in [0.2, 0.25) is 5.91 Å². The van der Waals surface area contributed by atoms with Crippen molar-refractivity contribution < 1.29 is 9.53 Å². The molecule has 2 fully saturated rings. The van der Waals surface area contributed by atoms with Crippen molar-refractivity contribution in [1.29, 1.82) is 0 Å². The summed E-state index contributed by atoms with van der Waals surface area (Å²) in [5.41, 5.74) is 9.99. The number of hydrogen-bond donors (Lipinski definition) is 2. The summed E-state index contributed by atoms with van der Waals surface area (Å²) in [5, 5.41) is 3.20. The third-order valence-electron chi connectivity index (χ3n) is 10.1. The molecule has 3 N–H and O–H groups in total. The van der Waals surface area contributed by atoms with Gasteiger partial charge in [-0.15, -0.1) is 0 Å². The molecule has 0 radical (unpaired) electrons. The molecule has 3 atom stereocenters. The molecule has 6 rings (SSSR count). The molecule has 0 spiro atoms. The van der Waals surface area contributed by atoms with Crippen molar-refractivity contribution in [2.45, 2.75) is 70.8 Å². The van der Waals surface area contributed by atoms with Crippen LogP contribution >= 0.6 is 0 Å². The summed E-state index contributed by atoms with van der Waals surface area (Å²) in [6.45, 7) is 6.71. The van der Waals surface area contributed by atoms with Gasteiger partial charge in [0.25, 0.3) is 5.88 Å². The smallest absolute Gasteiger partial charge is 0.258 e. The summed E-state index contributed by atoms with van der Waals surface area (Å²) in [6.07, 6.45) is 21.7. The Morgan fingerprint density at radius 3 is 2.36 bits per heavy atom. The Morgan fingerprint density at radius 2 is 1.64 bits per heavy atom. The van der Waals surface area contributed by atoms with Crippen molar-refractivity contribution in [3.63, 3.8) is 0 Å². The molecule has 9 nitrogen and oxygen atoms in total. The number of nitrogen functional groups attached to an aromatic ring is 1. The second-order valence-corrected chi connectivity index (χ2v) is 13.5. The zero-order chi connectivity index (χ0) is 32.3. The Labute approximate surface area is 280 Å². The highest BCUT2D eigenvalue weighted by molar-refractivity contribution is 5.75. The molecular formula is C38H51N7O2. The minimum Gasteiger partial charge on any atom is -0.470 e. The van der Waals surface area contributed by atoms with E-state index >= 15 is 0 Å². The van der Waals surface area contributed by atoms with Gasteiger partial charge in [-0.3, -0.25) is 14.7 Å². The summed E-state index contributed by atoms with van der Waals surface area (Å²) in [5.74, 6) is 3.04. The molecule has 2 bridgehead atoms. The lowest BCUT2D eigenvalue weighted by Crippen LogP contribution is -2.46. The van der Waals surface area contributed by atoms with Crippen molar-refractivity contribution in [3.05, 3.63) is 72.7 Å². The summed E-state index contributed by atoms with van der Waals surface area (Å²) in [6, 6.07) is 12.3. The molecule has 2 aromatic heterocycles. The maximum absolute atomic E-state index is 12.2. The van der Waals surface area contributed by atoms with Crippen molar-refractivity contribution >= 4 is 17.4 Å². The van der Waals surface area contributed by atoms with Gasteiger partial charge in [0.15, 0.2) is 5.82 Å². The number of amides is 1. The Hall–Kier alpha value is -3.98. The van der Waals surface area contributed by atoms with E-state index in [0.29, 0.717) is 30.7 Å². The van der Waals surface area contributed by atoms with E-state index in [-0.39, 0.29) is 11.7 Å². The average Bonchev–Trinajstić information content (AvgIpc) is 3.75. The summed E-state index contributed by atoms with van der Waals surface area (Å²) in [7, 11) is 0. The fourth-order valence-electron chi connectivity index (χ4n) is 7.30. The van der Waals surface area contributed by atoms with Crippen molar-refractivity contribution in [2.24, 2.45) is 17.8 Å². The van der Waals surface area contributed by atoms with Crippen LogP contribution in [0, 0.1) is 17.8 Å². The second kappa shape index (κ2) is 16.7. The van der Waals surface area contributed by atoms with Gasteiger partial charge >= 0.3 is 0 Å². The number of nitrogens with zero attached hydrogens (tertiary/aromatic N) is 5. The van der Waals surface area contributed by atoms with Crippen LogP contribution < -0.4 is 20.7 Å². The molecule has 47 heavy (non-hydrogen) atoms. The standard InChI is InChI=1S/C38H51N7O2/c39-37-38(47-28-29-15-17-40-18-16-29)43-35(27-42-37)31-11-13-34(14-12-31)45-22-20-44(21-23-45)19-7-5-3-1-2-4-6-8-36(46)41-26-33-25-30-9-10-32(33)24-30/h9-18,27,30,32-33H,1-8,19-26,28H2,(H2,39,42)(H,41,46). The lowest BCUT2D eigenvalue weighted by atomic mass is 9.93. The van der Waals surface area contributed by atoms with Gasteiger partial charge in [-0.2, -0.15) is 0 Å². The van der Waals surface area contributed by atoms with Crippen LogP contribution in [0.2, 0.25) is 0 Å². The molecule has 3 unspecified atom stereocenters. The van der Waals surface area contributed by atoms with E-state index < -0.39 is 0 Å². The van der Waals surface area contributed by atoms with Crippen LogP contribution in [0.15, 0.2) is 67.1 Å².